The summed E-state index contributed by atoms with van der Waals surface area (Å²) in [5, 5.41) is 0.891. The molecule has 3 aliphatic heterocycles. The van der Waals surface area contributed by atoms with E-state index in [0.29, 0.717) is 64.4 Å². The average molecular weight is 590 g/mol. The molecule has 0 bridgehead atoms. The number of carbonyl (C=O) groups excluding carboxylic acids is 3. The summed E-state index contributed by atoms with van der Waals surface area (Å²) >= 11 is 12.7. The number of hydrogen-bond donors (Lipinski definition) is 1. The first-order valence-corrected chi connectivity index (χ1v) is 14.5. The minimum Gasteiger partial charge on any atom is -0.447 e. The second-order valence-corrected chi connectivity index (χ2v) is 11.3. The number of amides is 3. The lowest BCUT2D eigenvalue weighted by Crippen LogP contribution is -2.59. The van der Waals surface area contributed by atoms with Crippen molar-refractivity contribution in [2.24, 2.45) is 5.73 Å². The number of anilines is 2. The van der Waals surface area contributed by atoms with E-state index in [0.717, 1.165) is 45.3 Å². The molecule has 40 heavy (non-hydrogen) atoms. The fourth-order valence-corrected chi connectivity index (χ4v) is 6.48. The molecule has 1 atom stereocenters. The van der Waals surface area contributed by atoms with Crippen molar-refractivity contribution in [1.82, 2.24) is 14.8 Å². The maximum absolute atomic E-state index is 13.6. The van der Waals surface area contributed by atoms with Gasteiger partial charge in [0.25, 0.3) is 5.91 Å². The standard InChI is InChI=1S/C28H34Cl2N6O4/c1-2-3-21-17-34(26-23(30)14-18(16-32-26)25(31)37)10-11-35(21)20-6-8-33(9-7-20)27(38)22-5-4-19(29)15-24(22)36-12-13-40-28(36)39/h4-5,14-16,20-21H,2-3,6-13,17H2,1H3,(H2,31,37)/t21-/m0/s1. The average Bonchev–Trinajstić information content (AvgIpc) is 3.38. The van der Waals surface area contributed by atoms with Gasteiger partial charge in [0, 0.05) is 56.0 Å². The predicted octanol–water partition coefficient (Wildman–Crippen LogP) is 4.04. The van der Waals surface area contributed by atoms with E-state index in [9.17, 15) is 14.4 Å². The van der Waals surface area contributed by atoms with Crippen LogP contribution in [0.25, 0.3) is 0 Å². The van der Waals surface area contributed by atoms with Gasteiger partial charge in [-0.15, -0.1) is 0 Å². The van der Waals surface area contributed by atoms with Crippen molar-refractivity contribution in [3.05, 3.63) is 51.6 Å². The topological polar surface area (TPSA) is 112 Å². The molecule has 5 rings (SSSR count). The van der Waals surface area contributed by atoms with E-state index in [1.165, 1.54) is 11.1 Å². The van der Waals surface area contributed by atoms with Crippen molar-refractivity contribution in [2.75, 3.05) is 55.7 Å². The Hall–Kier alpha value is -3.08. The van der Waals surface area contributed by atoms with E-state index in [-0.39, 0.29) is 12.5 Å². The molecule has 4 heterocycles. The van der Waals surface area contributed by atoms with Crippen LogP contribution >= 0.6 is 23.2 Å². The third-order valence-electron chi connectivity index (χ3n) is 8.02. The van der Waals surface area contributed by atoms with Crippen LogP contribution in [0, 0.1) is 0 Å². The van der Waals surface area contributed by atoms with Crippen LogP contribution in [-0.4, -0.2) is 90.7 Å². The Labute approximate surface area is 243 Å². The molecule has 1 aromatic heterocycles. The fraction of sp³-hybridized carbons (Fsp3) is 0.500. The maximum atomic E-state index is 13.6. The van der Waals surface area contributed by atoms with Gasteiger partial charge in [0.2, 0.25) is 5.91 Å². The Morgan fingerprint density at radius 1 is 1.10 bits per heavy atom. The van der Waals surface area contributed by atoms with E-state index in [1.807, 2.05) is 4.90 Å². The molecule has 10 nitrogen and oxygen atoms in total. The summed E-state index contributed by atoms with van der Waals surface area (Å²) in [7, 11) is 0. The minimum atomic E-state index is -0.551. The molecular formula is C28H34Cl2N6O4. The zero-order valence-corrected chi connectivity index (χ0v) is 24.0. The third kappa shape index (κ3) is 5.84. The highest BCUT2D eigenvalue weighted by Crippen LogP contribution is 2.32. The van der Waals surface area contributed by atoms with Crippen molar-refractivity contribution in [1.29, 1.82) is 0 Å². The molecular weight excluding hydrogens is 555 g/mol. The van der Waals surface area contributed by atoms with Crippen LogP contribution in [0.2, 0.25) is 10.0 Å². The van der Waals surface area contributed by atoms with Gasteiger partial charge in [-0.1, -0.05) is 36.5 Å². The number of pyridine rings is 1. The number of hydrogen-bond acceptors (Lipinski definition) is 7. The molecule has 214 valence electrons. The first-order valence-electron chi connectivity index (χ1n) is 13.8. The highest BCUT2D eigenvalue weighted by molar-refractivity contribution is 6.33. The second kappa shape index (κ2) is 12.2. The Morgan fingerprint density at radius 3 is 2.52 bits per heavy atom. The molecule has 0 aliphatic carbocycles. The van der Waals surface area contributed by atoms with Crippen molar-refractivity contribution in [2.45, 2.75) is 44.7 Å². The number of ether oxygens (including phenoxy) is 1. The van der Waals surface area contributed by atoms with E-state index in [2.05, 4.69) is 21.7 Å². The fourth-order valence-electron chi connectivity index (χ4n) is 6.02. The Morgan fingerprint density at radius 2 is 1.88 bits per heavy atom. The number of benzene rings is 1. The van der Waals surface area contributed by atoms with Crippen molar-refractivity contribution in [3.63, 3.8) is 0 Å². The molecule has 1 aromatic carbocycles. The van der Waals surface area contributed by atoms with Gasteiger partial charge in [-0.05, 0) is 43.5 Å². The molecule has 0 saturated carbocycles. The highest BCUT2D eigenvalue weighted by atomic mass is 35.5. The number of cyclic esters (lactones) is 1. The number of nitrogens with zero attached hydrogens (tertiary/aromatic N) is 5. The SMILES string of the molecule is CCC[C@H]1CN(c2ncc(C(N)=O)cc2Cl)CCN1C1CCN(C(=O)c2ccc(Cl)cc2N2CCOC2=O)CC1. The van der Waals surface area contributed by atoms with Crippen molar-refractivity contribution < 1.29 is 19.1 Å². The van der Waals surface area contributed by atoms with E-state index < -0.39 is 12.0 Å². The Bertz CT molecular complexity index is 1290. The number of piperidine rings is 1. The molecule has 3 saturated heterocycles. The summed E-state index contributed by atoms with van der Waals surface area (Å²) in [5.41, 5.74) is 6.63. The van der Waals surface area contributed by atoms with E-state index in [1.54, 1.807) is 24.3 Å². The number of likely N-dealkylation sites (tertiary alicyclic amines) is 1. The lowest BCUT2D eigenvalue weighted by atomic mass is 9.96. The molecule has 0 spiro atoms. The van der Waals surface area contributed by atoms with Crippen molar-refractivity contribution in [3.8, 4) is 0 Å². The summed E-state index contributed by atoms with van der Waals surface area (Å²) in [5.74, 6) is 0.0265. The molecule has 2 aromatic rings. The van der Waals surface area contributed by atoms with Crippen LogP contribution in [0.3, 0.4) is 0 Å². The third-order valence-corrected chi connectivity index (χ3v) is 8.53. The van der Waals surface area contributed by atoms with Gasteiger partial charge in [0.15, 0.2) is 0 Å². The number of piperazine rings is 1. The molecule has 12 heteroatoms. The van der Waals surface area contributed by atoms with Gasteiger partial charge >= 0.3 is 6.09 Å². The number of rotatable bonds is 7. The first kappa shape index (κ1) is 28.4. The summed E-state index contributed by atoms with van der Waals surface area (Å²) < 4.78 is 5.09. The van der Waals surface area contributed by atoms with Gasteiger partial charge in [-0.2, -0.15) is 0 Å². The van der Waals surface area contributed by atoms with Crippen LogP contribution in [0.5, 0.6) is 0 Å². The summed E-state index contributed by atoms with van der Waals surface area (Å²) in [6.07, 6.45) is 4.84. The van der Waals surface area contributed by atoms with Gasteiger partial charge in [0.1, 0.15) is 12.4 Å². The van der Waals surface area contributed by atoms with Gasteiger partial charge in [-0.25, -0.2) is 9.78 Å². The highest BCUT2D eigenvalue weighted by Gasteiger charge is 2.36. The van der Waals surface area contributed by atoms with Crippen LogP contribution in [-0.2, 0) is 4.74 Å². The lowest BCUT2D eigenvalue weighted by Gasteiger charge is -2.48. The summed E-state index contributed by atoms with van der Waals surface area (Å²) in [4.78, 5) is 49.9. The Kier molecular flexibility index (Phi) is 8.68. The molecule has 3 amide bonds. The van der Waals surface area contributed by atoms with Crippen molar-refractivity contribution >= 4 is 52.6 Å². The number of carbonyl (C=O) groups is 3. The van der Waals surface area contributed by atoms with Crippen LogP contribution in [0.1, 0.15) is 53.3 Å². The second-order valence-electron chi connectivity index (χ2n) is 10.5. The first-order chi connectivity index (χ1) is 19.3. The quantitative estimate of drug-likeness (QED) is 0.519. The Balaban J connectivity index is 1.24. The summed E-state index contributed by atoms with van der Waals surface area (Å²) in [6.45, 7) is 6.55. The largest absolute Gasteiger partial charge is 0.447 e. The minimum absolute atomic E-state index is 0.0973. The number of aromatic nitrogens is 1. The smallest absolute Gasteiger partial charge is 0.414 e. The van der Waals surface area contributed by atoms with E-state index in [4.69, 9.17) is 33.7 Å². The number of halogens is 2. The summed E-state index contributed by atoms with van der Waals surface area (Å²) in [6, 6.07) is 7.31. The van der Waals surface area contributed by atoms with Crippen LogP contribution < -0.4 is 15.5 Å². The molecule has 3 fully saturated rings. The van der Waals surface area contributed by atoms with Gasteiger partial charge in [-0.3, -0.25) is 19.4 Å². The monoisotopic (exact) mass is 588 g/mol. The maximum Gasteiger partial charge on any atom is 0.414 e. The van der Waals surface area contributed by atoms with Crippen LogP contribution in [0.4, 0.5) is 16.3 Å². The van der Waals surface area contributed by atoms with Gasteiger partial charge in [0.05, 0.1) is 28.4 Å². The number of nitrogens with two attached hydrogens (primary N) is 1. The van der Waals surface area contributed by atoms with E-state index >= 15 is 0 Å². The predicted molar refractivity (Wildman–Crippen MR) is 154 cm³/mol. The van der Waals surface area contributed by atoms with Gasteiger partial charge < -0.3 is 20.3 Å². The molecule has 3 aliphatic rings. The zero-order chi connectivity index (χ0) is 28.4. The van der Waals surface area contributed by atoms with Crippen LogP contribution in [0.15, 0.2) is 30.5 Å². The lowest BCUT2D eigenvalue weighted by molar-refractivity contribution is 0.0481. The normalized spacial score (nSPS) is 20.6. The zero-order valence-electron chi connectivity index (χ0n) is 22.5. The molecule has 0 unspecified atom stereocenters. The molecule has 0 radical (unpaired) electrons. The number of primary amides is 1. The molecule has 2 N–H and O–H groups in total.